The first-order valence-electron chi connectivity index (χ1n) is 5.09. The van der Waals surface area contributed by atoms with Gasteiger partial charge in [-0.3, -0.25) is 0 Å². The van der Waals surface area contributed by atoms with Gasteiger partial charge in [0.2, 0.25) is 0 Å². The number of rotatable bonds is 3. The van der Waals surface area contributed by atoms with Crippen molar-refractivity contribution in [3.05, 3.63) is 53.5 Å². The van der Waals surface area contributed by atoms with E-state index < -0.39 is 6.10 Å². The largest absolute Gasteiger partial charge is 0.497 e. The Labute approximate surface area is 94.3 Å². The van der Waals surface area contributed by atoms with Gasteiger partial charge in [-0.15, -0.1) is 0 Å². The van der Waals surface area contributed by atoms with Crippen LogP contribution in [0.2, 0.25) is 0 Å². The summed E-state index contributed by atoms with van der Waals surface area (Å²) in [6.07, 6.45) is -0.746. The topological polar surface area (TPSA) is 42.6 Å². The van der Waals surface area contributed by atoms with Crippen LogP contribution in [-0.2, 0) is 0 Å². The number of hydrogen-bond acceptors (Lipinski definition) is 3. The van der Waals surface area contributed by atoms with Crippen LogP contribution in [-0.4, -0.2) is 12.2 Å². The van der Waals surface area contributed by atoms with Crippen molar-refractivity contribution in [2.24, 2.45) is 0 Å². The first-order valence-corrected chi connectivity index (χ1v) is 5.09. The van der Waals surface area contributed by atoms with Crippen molar-refractivity contribution in [2.75, 3.05) is 7.11 Å². The molecule has 0 saturated carbocycles. The van der Waals surface area contributed by atoms with Crippen LogP contribution in [0.25, 0.3) is 0 Å². The molecule has 0 amide bonds. The summed E-state index contributed by atoms with van der Waals surface area (Å²) in [4.78, 5) is 0. The van der Waals surface area contributed by atoms with Gasteiger partial charge in [0.1, 0.15) is 23.4 Å². The third-order valence-electron chi connectivity index (χ3n) is 2.44. The van der Waals surface area contributed by atoms with Gasteiger partial charge in [-0.25, -0.2) is 0 Å². The molecule has 0 aliphatic heterocycles. The number of aryl methyl sites for hydroxylation is 1. The number of furan rings is 1. The Kier molecular flexibility index (Phi) is 2.97. The lowest BCUT2D eigenvalue weighted by Gasteiger charge is -2.09. The quantitative estimate of drug-likeness (QED) is 0.861. The Bertz CT molecular complexity index is 474. The van der Waals surface area contributed by atoms with E-state index in [1.807, 2.05) is 31.2 Å². The first-order chi connectivity index (χ1) is 7.70. The Hall–Kier alpha value is -1.74. The van der Waals surface area contributed by atoms with E-state index in [1.165, 1.54) is 0 Å². The van der Waals surface area contributed by atoms with Crippen molar-refractivity contribution in [1.29, 1.82) is 0 Å². The van der Waals surface area contributed by atoms with Gasteiger partial charge in [0.25, 0.3) is 0 Å². The van der Waals surface area contributed by atoms with Crippen LogP contribution < -0.4 is 4.74 Å². The summed E-state index contributed by atoms with van der Waals surface area (Å²) in [6, 6.07) is 10.9. The third-order valence-corrected chi connectivity index (χ3v) is 2.44. The lowest BCUT2D eigenvalue weighted by molar-refractivity contribution is 0.187. The second-order valence-electron chi connectivity index (χ2n) is 3.63. The summed E-state index contributed by atoms with van der Waals surface area (Å²) >= 11 is 0. The molecule has 1 aromatic carbocycles. The molecule has 84 valence electrons. The molecular weight excluding hydrogens is 204 g/mol. The van der Waals surface area contributed by atoms with Crippen molar-refractivity contribution < 1.29 is 14.3 Å². The summed E-state index contributed by atoms with van der Waals surface area (Å²) in [7, 11) is 1.60. The molecule has 16 heavy (non-hydrogen) atoms. The molecule has 0 aliphatic rings. The number of benzene rings is 1. The molecule has 0 saturated heterocycles. The SMILES string of the molecule is COc1cccc([C@@H](O)c2ccc(C)o2)c1. The van der Waals surface area contributed by atoms with E-state index in [4.69, 9.17) is 9.15 Å². The Morgan fingerprint density at radius 1 is 1.25 bits per heavy atom. The fraction of sp³-hybridized carbons (Fsp3) is 0.231. The smallest absolute Gasteiger partial charge is 0.137 e. The summed E-state index contributed by atoms with van der Waals surface area (Å²) in [6.45, 7) is 1.85. The van der Waals surface area contributed by atoms with E-state index in [0.29, 0.717) is 5.76 Å². The van der Waals surface area contributed by atoms with E-state index in [0.717, 1.165) is 17.1 Å². The molecule has 0 aliphatic carbocycles. The monoisotopic (exact) mass is 218 g/mol. The van der Waals surface area contributed by atoms with Gasteiger partial charge in [0.05, 0.1) is 7.11 Å². The van der Waals surface area contributed by atoms with E-state index in [9.17, 15) is 5.11 Å². The maximum atomic E-state index is 10.1. The van der Waals surface area contributed by atoms with E-state index in [1.54, 1.807) is 19.2 Å². The molecule has 1 atom stereocenters. The van der Waals surface area contributed by atoms with Gasteiger partial charge in [0, 0.05) is 0 Å². The highest BCUT2D eigenvalue weighted by molar-refractivity contribution is 5.33. The highest BCUT2D eigenvalue weighted by Crippen LogP contribution is 2.26. The summed E-state index contributed by atoms with van der Waals surface area (Å²) in [5.74, 6) is 2.06. The molecular formula is C13H14O3. The van der Waals surface area contributed by atoms with E-state index in [2.05, 4.69) is 0 Å². The highest BCUT2D eigenvalue weighted by atomic mass is 16.5. The Morgan fingerprint density at radius 3 is 2.69 bits per heavy atom. The van der Waals surface area contributed by atoms with Gasteiger partial charge < -0.3 is 14.3 Å². The van der Waals surface area contributed by atoms with E-state index >= 15 is 0 Å². The van der Waals surface area contributed by atoms with Gasteiger partial charge in [0.15, 0.2) is 0 Å². The average molecular weight is 218 g/mol. The molecule has 1 aromatic heterocycles. The van der Waals surface area contributed by atoms with Gasteiger partial charge >= 0.3 is 0 Å². The molecule has 0 radical (unpaired) electrons. The number of ether oxygens (including phenoxy) is 1. The van der Waals surface area contributed by atoms with Crippen LogP contribution in [0.1, 0.15) is 23.2 Å². The standard InChI is InChI=1S/C13H14O3/c1-9-6-7-12(16-9)13(14)10-4-3-5-11(8-10)15-2/h3-8,13-14H,1-2H3/t13-/m1/s1. The number of aliphatic hydroxyl groups is 1. The predicted octanol–water partition coefficient (Wildman–Crippen LogP) is 2.68. The summed E-state index contributed by atoms with van der Waals surface area (Å²) in [5.41, 5.74) is 0.758. The minimum absolute atomic E-state index is 0.547. The van der Waals surface area contributed by atoms with Crippen LogP contribution in [0.4, 0.5) is 0 Å². The van der Waals surface area contributed by atoms with Crippen LogP contribution in [0, 0.1) is 6.92 Å². The van der Waals surface area contributed by atoms with Gasteiger partial charge in [-0.2, -0.15) is 0 Å². The third kappa shape index (κ3) is 2.09. The first kappa shape index (κ1) is 10.8. The van der Waals surface area contributed by atoms with Crippen LogP contribution in [0.15, 0.2) is 40.8 Å². The fourth-order valence-corrected chi connectivity index (χ4v) is 1.58. The Morgan fingerprint density at radius 2 is 2.06 bits per heavy atom. The molecule has 0 unspecified atom stereocenters. The lowest BCUT2D eigenvalue weighted by Crippen LogP contribution is -1.98. The maximum absolute atomic E-state index is 10.1. The molecule has 1 heterocycles. The molecule has 2 rings (SSSR count). The average Bonchev–Trinajstić information content (AvgIpc) is 2.75. The second-order valence-corrected chi connectivity index (χ2v) is 3.63. The summed E-state index contributed by atoms with van der Waals surface area (Å²) < 4.78 is 10.5. The molecule has 1 N–H and O–H groups in total. The maximum Gasteiger partial charge on any atom is 0.137 e. The van der Waals surface area contributed by atoms with Crippen LogP contribution in [0.5, 0.6) is 5.75 Å². The minimum Gasteiger partial charge on any atom is -0.497 e. The molecule has 0 fully saturated rings. The van der Waals surface area contributed by atoms with Gasteiger partial charge in [-0.05, 0) is 36.8 Å². The second kappa shape index (κ2) is 4.41. The van der Waals surface area contributed by atoms with Gasteiger partial charge in [-0.1, -0.05) is 12.1 Å². The zero-order valence-electron chi connectivity index (χ0n) is 9.31. The van der Waals surface area contributed by atoms with Crippen molar-refractivity contribution in [3.8, 4) is 5.75 Å². The number of hydrogen-bond donors (Lipinski definition) is 1. The van der Waals surface area contributed by atoms with Crippen molar-refractivity contribution >= 4 is 0 Å². The van der Waals surface area contributed by atoms with Crippen molar-refractivity contribution in [1.82, 2.24) is 0 Å². The molecule has 3 nitrogen and oxygen atoms in total. The van der Waals surface area contributed by atoms with Crippen LogP contribution in [0.3, 0.4) is 0 Å². The number of methoxy groups -OCH3 is 1. The lowest BCUT2D eigenvalue weighted by atomic mass is 10.1. The van der Waals surface area contributed by atoms with Crippen molar-refractivity contribution in [2.45, 2.75) is 13.0 Å². The van der Waals surface area contributed by atoms with Crippen molar-refractivity contribution in [3.63, 3.8) is 0 Å². The minimum atomic E-state index is -0.746. The zero-order chi connectivity index (χ0) is 11.5. The summed E-state index contributed by atoms with van der Waals surface area (Å²) in [5, 5.41) is 10.1. The normalized spacial score (nSPS) is 12.4. The highest BCUT2D eigenvalue weighted by Gasteiger charge is 2.14. The fourth-order valence-electron chi connectivity index (χ4n) is 1.58. The zero-order valence-corrected chi connectivity index (χ0v) is 9.31. The predicted molar refractivity (Wildman–Crippen MR) is 60.5 cm³/mol. The molecule has 3 heteroatoms. The number of aliphatic hydroxyl groups excluding tert-OH is 1. The molecule has 2 aromatic rings. The Balaban J connectivity index is 2.29. The molecule has 0 spiro atoms. The van der Waals surface area contributed by atoms with E-state index in [-0.39, 0.29) is 0 Å². The molecule has 0 bridgehead atoms. The van der Waals surface area contributed by atoms with Crippen LogP contribution >= 0.6 is 0 Å².